The molecule has 2 aromatic carbocycles. The number of nitrogens with one attached hydrogen (secondary N) is 1. The van der Waals surface area contributed by atoms with E-state index in [0.717, 1.165) is 4.90 Å². The fourth-order valence-electron chi connectivity index (χ4n) is 2.42. The van der Waals surface area contributed by atoms with Crippen LogP contribution in [0.5, 0.6) is 11.5 Å². The third-order valence-corrected chi connectivity index (χ3v) is 4.41. The highest BCUT2D eigenvalue weighted by Gasteiger charge is 2.18. The van der Waals surface area contributed by atoms with E-state index in [4.69, 9.17) is 13.9 Å². The minimum Gasteiger partial charge on any atom is -0.454 e. The molecule has 25 heavy (non-hydrogen) atoms. The Labute approximate surface area is 147 Å². The van der Waals surface area contributed by atoms with E-state index >= 15 is 0 Å². The molecule has 1 N–H and O–H groups in total. The van der Waals surface area contributed by atoms with Gasteiger partial charge in [-0.15, -0.1) is 16.9 Å². The monoisotopic (exact) mass is 355 g/mol. The highest BCUT2D eigenvalue weighted by Crippen LogP contribution is 2.35. The van der Waals surface area contributed by atoms with E-state index in [0.29, 0.717) is 22.6 Å². The largest absolute Gasteiger partial charge is 0.454 e. The molecule has 4 rings (SSSR count). The first kappa shape index (κ1) is 15.5. The second kappa shape index (κ2) is 6.48. The minimum absolute atomic E-state index is 0.0357. The highest BCUT2D eigenvalue weighted by atomic mass is 32.2. The Hall–Kier alpha value is -3.00. The second-order valence-corrected chi connectivity index (χ2v) is 5.98. The van der Waals surface area contributed by atoms with E-state index in [2.05, 4.69) is 15.5 Å². The van der Waals surface area contributed by atoms with Gasteiger partial charge < -0.3 is 13.9 Å². The Morgan fingerprint density at radius 1 is 1.12 bits per heavy atom. The molecule has 3 aromatic rings. The zero-order valence-electron chi connectivity index (χ0n) is 13.2. The van der Waals surface area contributed by atoms with Gasteiger partial charge in [0.05, 0.1) is 5.56 Å². The second-order valence-electron chi connectivity index (χ2n) is 5.13. The predicted octanol–water partition coefficient (Wildman–Crippen LogP) is 3.44. The average molecular weight is 355 g/mol. The lowest BCUT2D eigenvalue weighted by molar-refractivity contribution is 0.102. The molecule has 1 aliphatic rings. The fourth-order valence-corrected chi connectivity index (χ4v) is 3.01. The first-order valence-electron chi connectivity index (χ1n) is 7.42. The predicted molar refractivity (Wildman–Crippen MR) is 92.0 cm³/mol. The van der Waals surface area contributed by atoms with E-state index in [9.17, 15) is 4.79 Å². The van der Waals surface area contributed by atoms with Gasteiger partial charge in [0.2, 0.25) is 12.7 Å². The number of hydrogen-bond acceptors (Lipinski definition) is 7. The van der Waals surface area contributed by atoms with Crippen LogP contribution in [0.2, 0.25) is 0 Å². The third kappa shape index (κ3) is 3.03. The molecule has 0 saturated carbocycles. The van der Waals surface area contributed by atoms with Crippen molar-refractivity contribution in [1.29, 1.82) is 0 Å². The summed E-state index contributed by atoms with van der Waals surface area (Å²) < 4.78 is 16.1. The summed E-state index contributed by atoms with van der Waals surface area (Å²) >= 11 is 1.49. The number of aromatic nitrogens is 2. The van der Waals surface area contributed by atoms with Crippen LogP contribution in [0.3, 0.4) is 0 Å². The molecule has 1 amide bonds. The van der Waals surface area contributed by atoms with Crippen molar-refractivity contribution in [2.45, 2.75) is 4.90 Å². The Balaban J connectivity index is 1.54. The van der Waals surface area contributed by atoms with Gasteiger partial charge in [0.25, 0.3) is 5.91 Å². The van der Waals surface area contributed by atoms with Crippen LogP contribution >= 0.6 is 11.8 Å². The molecule has 1 aromatic heterocycles. The lowest BCUT2D eigenvalue weighted by Crippen LogP contribution is -2.13. The lowest BCUT2D eigenvalue weighted by atomic mass is 10.2. The molecule has 126 valence electrons. The SMILES string of the molecule is CSc1ccccc1C(=O)Nc1nnc(-c2ccc3c(c2)OCO3)o1. The van der Waals surface area contributed by atoms with Crippen LogP contribution in [0.15, 0.2) is 51.8 Å². The lowest BCUT2D eigenvalue weighted by Gasteiger charge is -2.05. The van der Waals surface area contributed by atoms with E-state index in [1.54, 1.807) is 30.3 Å². The van der Waals surface area contributed by atoms with Crippen LogP contribution in [0.1, 0.15) is 10.4 Å². The van der Waals surface area contributed by atoms with Gasteiger partial charge in [0.1, 0.15) is 0 Å². The van der Waals surface area contributed by atoms with Crippen LogP contribution in [-0.4, -0.2) is 29.2 Å². The number of nitrogens with zero attached hydrogens (tertiary/aromatic N) is 2. The summed E-state index contributed by atoms with van der Waals surface area (Å²) in [6.45, 7) is 0.193. The maximum absolute atomic E-state index is 12.4. The molecular weight excluding hydrogens is 342 g/mol. The number of carbonyl (C=O) groups excluding carboxylic acids is 1. The van der Waals surface area contributed by atoms with Gasteiger partial charge in [0.15, 0.2) is 11.5 Å². The van der Waals surface area contributed by atoms with Gasteiger partial charge in [0, 0.05) is 10.5 Å². The minimum atomic E-state index is -0.300. The first-order chi connectivity index (χ1) is 12.2. The number of thioether (sulfide) groups is 1. The molecule has 0 bridgehead atoms. The molecule has 0 radical (unpaired) electrons. The Bertz CT molecular complexity index is 941. The van der Waals surface area contributed by atoms with Crippen LogP contribution < -0.4 is 14.8 Å². The molecule has 7 nitrogen and oxygen atoms in total. The quantitative estimate of drug-likeness (QED) is 0.717. The van der Waals surface area contributed by atoms with Gasteiger partial charge in [-0.25, -0.2) is 0 Å². The smallest absolute Gasteiger partial charge is 0.322 e. The molecule has 2 heterocycles. The molecule has 0 spiro atoms. The van der Waals surface area contributed by atoms with Crippen molar-refractivity contribution in [3.05, 3.63) is 48.0 Å². The van der Waals surface area contributed by atoms with Gasteiger partial charge in [-0.1, -0.05) is 17.2 Å². The Kier molecular flexibility index (Phi) is 4.02. The number of benzene rings is 2. The maximum Gasteiger partial charge on any atom is 0.322 e. The summed E-state index contributed by atoms with van der Waals surface area (Å²) in [5.74, 6) is 1.28. The molecule has 0 atom stereocenters. The number of anilines is 1. The standard InChI is InChI=1S/C17H13N3O4S/c1-25-14-5-3-2-4-11(14)15(21)18-17-20-19-16(24-17)10-6-7-12-13(8-10)23-9-22-12/h2-8H,9H2,1H3,(H,18,20,21). The van der Waals surface area contributed by atoms with Crippen molar-refractivity contribution >= 4 is 23.7 Å². The average Bonchev–Trinajstić information content (AvgIpc) is 3.30. The van der Waals surface area contributed by atoms with E-state index in [1.807, 2.05) is 18.4 Å². The van der Waals surface area contributed by atoms with E-state index < -0.39 is 0 Å². The van der Waals surface area contributed by atoms with Crippen LogP contribution in [0.25, 0.3) is 11.5 Å². The van der Waals surface area contributed by atoms with Crippen molar-refractivity contribution in [3.8, 4) is 23.0 Å². The fraction of sp³-hybridized carbons (Fsp3) is 0.118. The summed E-state index contributed by atoms with van der Waals surface area (Å²) in [5.41, 5.74) is 1.24. The van der Waals surface area contributed by atoms with Crippen molar-refractivity contribution < 1.29 is 18.7 Å². The molecular formula is C17H13N3O4S. The Morgan fingerprint density at radius 2 is 1.96 bits per heavy atom. The normalized spacial score (nSPS) is 12.2. The number of amides is 1. The van der Waals surface area contributed by atoms with Gasteiger partial charge >= 0.3 is 6.01 Å². The van der Waals surface area contributed by atoms with E-state index in [-0.39, 0.29) is 24.6 Å². The van der Waals surface area contributed by atoms with Crippen molar-refractivity contribution in [2.75, 3.05) is 18.4 Å². The van der Waals surface area contributed by atoms with Crippen LogP contribution in [0.4, 0.5) is 6.01 Å². The molecule has 8 heteroatoms. The number of ether oxygens (including phenoxy) is 2. The summed E-state index contributed by atoms with van der Waals surface area (Å²) in [5, 5.41) is 10.5. The number of hydrogen-bond donors (Lipinski definition) is 1. The first-order valence-corrected chi connectivity index (χ1v) is 8.65. The zero-order chi connectivity index (χ0) is 17.2. The number of fused-ring (bicyclic) bond motifs is 1. The van der Waals surface area contributed by atoms with Crippen LogP contribution in [-0.2, 0) is 0 Å². The highest BCUT2D eigenvalue weighted by molar-refractivity contribution is 7.98. The summed E-state index contributed by atoms with van der Waals surface area (Å²) in [7, 11) is 0. The summed E-state index contributed by atoms with van der Waals surface area (Å²) in [4.78, 5) is 13.3. The molecule has 0 saturated heterocycles. The number of carbonyl (C=O) groups is 1. The zero-order valence-corrected chi connectivity index (χ0v) is 14.0. The number of rotatable bonds is 4. The molecule has 1 aliphatic heterocycles. The topological polar surface area (TPSA) is 86.5 Å². The summed E-state index contributed by atoms with van der Waals surface area (Å²) in [6, 6.07) is 12.7. The Morgan fingerprint density at radius 3 is 2.84 bits per heavy atom. The summed E-state index contributed by atoms with van der Waals surface area (Å²) in [6.07, 6.45) is 1.91. The van der Waals surface area contributed by atoms with Crippen molar-refractivity contribution in [1.82, 2.24) is 10.2 Å². The van der Waals surface area contributed by atoms with E-state index in [1.165, 1.54) is 11.8 Å². The van der Waals surface area contributed by atoms with Gasteiger partial charge in [-0.3, -0.25) is 10.1 Å². The van der Waals surface area contributed by atoms with Crippen LogP contribution in [0, 0.1) is 0 Å². The van der Waals surface area contributed by atoms with Crippen molar-refractivity contribution in [2.24, 2.45) is 0 Å². The molecule has 0 aliphatic carbocycles. The van der Waals surface area contributed by atoms with Gasteiger partial charge in [-0.2, -0.15) is 0 Å². The van der Waals surface area contributed by atoms with Gasteiger partial charge in [-0.05, 0) is 36.6 Å². The molecule has 0 unspecified atom stereocenters. The molecule has 0 fully saturated rings. The van der Waals surface area contributed by atoms with Crippen molar-refractivity contribution in [3.63, 3.8) is 0 Å². The maximum atomic E-state index is 12.4. The third-order valence-electron chi connectivity index (χ3n) is 3.62.